The molecule has 4 nitrogen and oxygen atoms in total. The Morgan fingerprint density at radius 2 is 2.11 bits per heavy atom. The molecule has 0 unspecified atom stereocenters. The van der Waals surface area contributed by atoms with E-state index in [1.165, 1.54) is 0 Å². The van der Waals surface area contributed by atoms with Gasteiger partial charge in [-0.05, 0) is 32.0 Å². The van der Waals surface area contributed by atoms with Crippen molar-refractivity contribution < 1.29 is 9.53 Å². The molecule has 0 spiro atoms. The third-order valence-electron chi connectivity index (χ3n) is 3.37. The van der Waals surface area contributed by atoms with Crippen LogP contribution in [0.2, 0.25) is 0 Å². The fourth-order valence-corrected chi connectivity index (χ4v) is 2.47. The number of carbonyl (C=O) groups is 1. The molecule has 1 fully saturated rings. The molecule has 0 N–H and O–H groups in total. The van der Waals surface area contributed by atoms with Crippen molar-refractivity contribution in [3.63, 3.8) is 0 Å². The number of rotatable bonds is 4. The van der Waals surface area contributed by atoms with Gasteiger partial charge < -0.3 is 14.5 Å². The summed E-state index contributed by atoms with van der Waals surface area (Å²) >= 11 is 0. The lowest BCUT2D eigenvalue weighted by atomic mass is 10.1. The molecule has 19 heavy (non-hydrogen) atoms. The van der Waals surface area contributed by atoms with E-state index in [1.54, 1.807) is 0 Å². The summed E-state index contributed by atoms with van der Waals surface area (Å²) in [5.74, 6) is 0.569. The number of likely N-dealkylation sites (tertiary alicyclic amines) is 1. The van der Waals surface area contributed by atoms with E-state index < -0.39 is 0 Å². The molecule has 0 aromatic heterocycles. The summed E-state index contributed by atoms with van der Waals surface area (Å²) in [6.07, 6.45) is 0.878. The standard InChI is InChI=1S/C15H22N2O2/c1-16(2)10-14-8-9-17(11-14)15(18)19-12-13-6-4-3-5-7-13/h3-7,14H,8-12H2,1-2H3/t14-/m0/s1. The maximum atomic E-state index is 11.9. The van der Waals surface area contributed by atoms with Gasteiger partial charge in [-0.1, -0.05) is 30.3 Å². The van der Waals surface area contributed by atoms with Gasteiger partial charge >= 0.3 is 6.09 Å². The summed E-state index contributed by atoms with van der Waals surface area (Å²) in [6, 6.07) is 9.79. The second-order valence-corrected chi connectivity index (χ2v) is 5.40. The van der Waals surface area contributed by atoms with Gasteiger partial charge in [0, 0.05) is 19.6 Å². The van der Waals surface area contributed by atoms with Gasteiger partial charge in [0.25, 0.3) is 0 Å². The van der Waals surface area contributed by atoms with E-state index in [0.29, 0.717) is 12.5 Å². The van der Waals surface area contributed by atoms with Crippen molar-refractivity contribution in [2.24, 2.45) is 5.92 Å². The van der Waals surface area contributed by atoms with E-state index in [9.17, 15) is 4.79 Å². The lowest BCUT2D eigenvalue weighted by Gasteiger charge is -2.18. The van der Waals surface area contributed by atoms with Crippen molar-refractivity contribution in [2.45, 2.75) is 13.0 Å². The SMILES string of the molecule is CN(C)C[C@@H]1CCN(C(=O)OCc2ccccc2)C1. The summed E-state index contributed by atoms with van der Waals surface area (Å²) in [7, 11) is 4.13. The first-order valence-electron chi connectivity index (χ1n) is 6.75. The number of carbonyl (C=O) groups excluding carboxylic acids is 1. The summed E-state index contributed by atoms with van der Waals surface area (Å²) in [5, 5.41) is 0. The lowest BCUT2D eigenvalue weighted by molar-refractivity contribution is 0.102. The zero-order chi connectivity index (χ0) is 13.7. The van der Waals surface area contributed by atoms with Crippen LogP contribution in [0.5, 0.6) is 0 Å². The number of hydrogen-bond acceptors (Lipinski definition) is 3. The Morgan fingerprint density at radius 1 is 1.37 bits per heavy atom. The van der Waals surface area contributed by atoms with E-state index in [0.717, 1.165) is 31.6 Å². The highest BCUT2D eigenvalue weighted by Gasteiger charge is 2.27. The largest absolute Gasteiger partial charge is 0.445 e. The first kappa shape index (κ1) is 13.9. The molecule has 0 bridgehead atoms. The van der Waals surface area contributed by atoms with E-state index >= 15 is 0 Å². The third-order valence-corrected chi connectivity index (χ3v) is 3.37. The minimum atomic E-state index is -0.190. The average Bonchev–Trinajstić information content (AvgIpc) is 2.85. The van der Waals surface area contributed by atoms with E-state index in [1.807, 2.05) is 35.2 Å². The van der Waals surface area contributed by atoms with Gasteiger partial charge in [0.1, 0.15) is 6.61 Å². The van der Waals surface area contributed by atoms with Crippen molar-refractivity contribution in [2.75, 3.05) is 33.7 Å². The normalized spacial score (nSPS) is 18.9. The Hall–Kier alpha value is -1.55. The number of ether oxygens (including phenoxy) is 1. The van der Waals surface area contributed by atoms with Crippen molar-refractivity contribution in [3.8, 4) is 0 Å². The first-order valence-corrected chi connectivity index (χ1v) is 6.75. The predicted octanol–water partition coefficient (Wildman–Crippen LogP) is 2.21. The average molecular weight is 262 g/mol. The second-order valence-electron chi connectivity index (χ2n) is 5.40. The summed E-state index contributed by atoms with van der Waals surface area (Å²) in [5.41, 5.74) is 1.03. The molecule has 104 valence electrons. The van der Waals surface area contributed by atoms with Gasteiger partial charge in [0.2, 0.25) is 0 Å². The van der Waals surface area contributed by atoms with Gasteiger partial charge in [0.15, 0.2) is 0 Å². The number of amides is 1. The van der Waals surface area contributed by atoms with Gasteiger partial charge in [-0.15, -0.1) is 0 Å². The molecule has 1 heterocycles. The Balaban J connectivity index is 1.75. The maximum absolute atomic E-state index is 11.9. The van der Waals surface area contributed by atoms with Crippen LogP contribution in [0.15, 0.2) is 30.3 Å². The predicted molar refractivity (Wildman–Crippen MR) is 74.9 cm³/mol. The molecule has 2 rings (SSSR count). The second kappa shape index (κ2) is 6.57. The highest BCUT2D eigenvalue weighted by Crippen LogP contribution is 2.18. The zero-order valence-electron chi connectivity index (χ0n) is 11.7. The fraction of sp³-hybridized carbons (Fsp3) is 0.533. The van der Waals surface area contributed by atoms with Crippen molar-refractivity contribution in [1.29, 1.82) is 0 Å². The molecule has 1 aromatic rings. The zero-order valence-corrected chi connectivity index (χ0v) is 11.7. The van der Waals surface area contributed by atoms with Gasteiger partial charge in [-0.2, -0.15) is 0 Å². The monoisotopic (exact) mass is 262 g/mol. The summed E-state index contributed by atoms with van der Waals surface area (Å²) in [4.78, 5) is 15.9. The van der Waals surface area contributed by atoms with Crippen LogP contribution in [0, 0.1) is 5.92 Å². The topological polar surface area (TPSA) is 32.8 Å². The van der Waals surface area contributed by atoms with E-state index in [-0.39, 0.29) is 6.09 Å². The van der Waals surface area contributed by atoms with Crippen LogP contribution in [0.4, 0.5) is 4.79 Å². The van der Waals surface area contributed by atoms with Crippen LogP contribution >= 0.6 is 0 Å². The van der Waals surface area contributed by atoms with Crippen LogP contribution < -0.4 is 0 Å². The first-order chi connectivity index (χ1) is 9.15. The Kier molecular flexibility index (Phi) is 4.80. The van der Waals surface area contributed by atoms with Crippen molar-refractivity contribution in [3.05, 3.63) is 35.9 Å². The molecular weight excluding hydrogens is 240 g/mol. The molecule has 4 heteroatoms. The number of hydrogen-bond donors (Lipinski definition) is 0. The molecule has 0 saturated carbocycles. The highest BCUT2D eigenvalue weighted by atomic mass is 16.6. The van der Waals surface area contributed by atoms with E-state index in [4.69, 9.17) is 4.74 Å². The highest BCUT2D eigenvalue weighted by molar-refractivity contribution is 5.68. The molecule has 1 saturated heterocycles. The van der Waals surface area contributed by atoms with Gasteiger partial charge in [-0.3, -0.25) is 0 Å². The van der Waals surface area contributed by atoms with Crippen LogP contribution in [-0.2, 0) is 11.3 Å². The van der Waals surface area contributed by atoms with Crippen LogP contribution in [0.1, 0.15) is 12.0 Å². The third kappa shape index (κ3) is 4.24. The number of benzene rings is 1. The molecule has 1 aliphatic rings. The fourth-order valence-electron chi connectivity index (χ4n) is 2.47. The summed E-state index contributed by atoms with van der Waals surface area (Å²) < 4.78 is 5.34. The Bertz CT molecular complexity index is 406. The minimum Gasteiger partial charge on any atom is -0.445 e. The Labute approximate surface area is 115 Å². The van der Waals surface area contributed by atoms with Crippen molar-refractivity contribution >= 4 is 6.09 Å². The lowest BCUT2D eigenvalue weighted by Crippen LogP contribution is -2.31. The Morgan fingerprint density at radius 3 is 2.79 bits per heavy atom. The van der Waals surface area contributed by atoms with Gasteiger partial charge in [-0.25, -0.2) is 4.79 Å². The van der Waals surface area contributed by atoms with Crippen LogP contribution in [0.3, 0.4) is 0 Å². The summed E-state index contributed by atoms with van der Waals surface area (Å²) in [6.45, 7) is 3.01. The molecule has 0 aliphatic carbocycles. The number of nitrogens with zero attached hydrogens (tertiary/aromatic N) is 2. The molecular formula is C15H22N2O2. The molecule has 1 aromatic carbocycles. The molecule has 1 aliphatic heterocycles. The minimum absolute atomic E-state index is 0.190. The maximum Gasteiger partial charge on any atom is 0.410 e. The van der Waals surface area contributed by atoms with E-state index in [2.05, 4.69) is 19.0 Å². The smallest absolute Gasteiger partial charge is 0.410 e. The molecule has 1 atom stereocenters. The molecule has 0 radical (unpaired) electrons. The van der Waals surface area contributed by atoms with Gasteiger partial charge in [0.05, 0.1) is 0 Å². The molecule has 1 amide bonds. The van der Waals surface area contributed by atoms with Crippen LogP contribution in [0.25, 0.3) is 0 Å². The quantitative estimate of drug-likeness (QED) is 0.834. The van der Waals surface area contributed by atoms with Crippen LogP contribution in [-0.4, -0.2) is 49.6 Å². The van der Waals surface area contributed by atoms with Crippen molar-refractivity contribution in [1.82, 2.24) is 9.80 Å².